The van der Waals surface area contributed by atoms with Crippen LogP contribution in [0.5, 0.6) is 0 Å². The molecule has 19 heavy (non-hydrogen) atoms. The Morgan fingerprint density at radius 3 is 2.79 bits per heavy atom. The number of methoxy groups -OCH3 is 1. The van der Waals surface area contributed by atoms with E-state index >= 15 is 0 Å². The van der Waals surface area contributed by atoms with Gasteiger partial charge in [0.05, 0.1) is 13.5 Å². The van der Waals surface area contributed by atoms with E-state index in [1.807, 2.05) is 0 Å². The molecule has 0 saturated carbocycles. The average Bonchev–Trinajstić information content (AvgIpc) is 2.40. The predicted octanol–water partition coefficient (Wildman–Crippen LogP) is 2.20. The molecule has 1 amide bonds. The molecule has 0 radical (unpaired) electrons. The van der Waals surface area contributed by atoms with Crippen molar-refractivity contribution in [3.8, 4) is 0 Å². The van der Waals surface area contributed by atoms with Crippen LogP contribution >= 0.6 is 15.9 Å². The van der Waals surface area contributed by atoms with Gasteiger partial charge in [-0.15, -0.1) is 0 Å². The Labute approximate surface area is 119 Å². The van der Waals surface area contributed by atoms with E-state index in [1.165, 1.54) is 13.2 Å². The van der Waals surface area contributed by atoms with Crippen molar-refractivity contribution in [2.24, 2.45) is 0 Å². The number of hydrogen-bond acceptors (Lipinski definition) is 3. The number of esters is 1. The molecule has 104 valence electrons. The summed E-state index contributed by atoms with van der Waals surface area (Å²) >= 11 is 3.26. The molecule has 1 N–H and O–H groups in total. The summed E-state index contributed by atoms with van der Waals surface area (Å²) in [5.41, 5.74) is 0.530. The van der Waals surface area contributed by atoms with Crippen molar-refractivity contribution >= 4 is 27.8 Å². The minimum Gasteiger partial charge on any atom is -0.469 e. The molecule has 0 bridgehead atoms. The highest BCUT2D eigenvalue weighted by Gasteiger charge is 2.07. The Hall–Kier alpha value is -1.43. The lowest BCUT2D eigenvalue weighted by Gasteiger charge is -2.06. The summed E-state index contributed by atoms with van der Waals surface area (Å²) in [6.07, 6.45) is 0.524. The minimum atomic E-state index is -0.423. The maximum Gasteiger partial charge on any atom is 0.306 e. The molecule has 0 aliphatic rings. The van der Waals surface area contributed by atoms with Crippen molar-refractivity contribution in [1.29, 1.82) is 0 Å². The number of benzene rings is 1. The van der Waals surface area contributed by atoms with Crippen LogP contribution in [0.4, 0.5) is 4.39 Å². The summed E-state index contributed by atoms with van der Waals surface area (Å²) < 4.78 is 18.6. The third kappa shape index (κ3) is 5.83. The molecule has 1 aromatic carbocycles. The highest BCUT2D eigenvalue weighted by atomic mass is 79.9. The summed E-state index contributed by atoms with van der Waals surface area (Å²) in [6, 6.07) is 4.67. The zero-order valence-electron chi connectivity index (χ0n) is 10.5. The molecule has 0 fully saturated rings. The normalized spacial score (nSPS) is 10.1. The Bertz CT molecular complexity index is 465. The molecule has 0 heterocycles. The van der Waals surface area contributed by atoms with Crippen LogP contribution in [0.25, 0.3) is 0 Å². The first-order valence-electron chi connectivity index (χ1n) is 5.80. The first-order valence-corrected chi connectivity index (χ1v) is 6.59. The Morgan fingerprint density at radius 2 is 2.11 bits per heavy atom. The first-order chi connectivity index (χ1) is 9.02. The van der Waals surface area contributed by atoms with Crippen LogP contribution in [-0.4, -0.2) is 25.5 Å². The lowest BCUT2D eigenvalue weighted by molar-refractivity contribution is -0.142. The molecular formula is C13H15BrFNO3. The fraction of sp³-hybridized carbons (Fsp3) is 0.385. The summed E-state index contributed by atoms with van der Waals surface area (Å²) in [5.74, 6) is -0.971. The van der Waals surface area contributed by atoms with E-state index in [4.69, 9.17) is 0 Å². The Kier molecular flexibility index (Phi) is 6.49. The largest absolute Gasteiger partial charge is 0.469 e. The van der Waals surface area contributed by atoms with Crippen molar-refractivity contribution in [3.63, 3.8) is 0 Å². The molecule has 0 aliphatic heterocycles. The second-order valence-corrected chi connectivity index (χ2v) is 4.83. The molecular weight excluding hydrogens is 317 g/mol. The second-order valence-electron chi connectivity index (χ2n) is 3.91. The van der Waals surface area contributed by atoms with Gasteiger partial charge in [-0.3, -0.25) is 9.59 Å². The third-order valence-corrected chi connectivity index (χ3v) is 3.00. The number of carbonyl (C=O) groups excluding carboxylic acids is 2. The van der Waals surface area contributed by atoms with Crippen molar-refractivity contribution in [2.45, 2.75) is 19.3 Å². The molecule has 0 saturated heterocycles. The number of amides is 1. The van der Waals surface area contributed by atoms with Crippen LogP contribution in [0.2, 0.25) is 0 Å². The van der Waals surface area contributed by atoms with Gasteiger partial charge in [-0.05, 0) is 30.2 Å². The molecule has 0 aliphatic carbocycles. The average molecular weight is 332 g/mol. The topological polar surface area (TPSA) is 55.4 Å². The number of ether oxygens (including phenoxy) is 1. The highest BCUT2D eigenvalue weighted by Crippen LogP contribution is 2.15. The van der Waals surface area contributed by atoms with E-state index < -0.39 is 5.97 Å². The Balaban J connectivity index is 2.32. The van der Waals surface area contributed by atoms with Crippen molar-refractivity contribution in [1.82, 2.24) is 5.32 Å². The molecule has 6 heteroatoms. The van der Waals surface area contributed by atoms with E-state index in [9.17, 15) is 14.0 Å². The first kappa shape index (κ1) is 15.6. The lowest BCUT2D eigenvalue weighted by atomic mass is 10.1. The highest BCUT2D eigenvalue weighted by molar-refractivity contribution is 9.10. The van der Waals surface area contributed by atoms with Gasteiger partial charge >= 0.3 is 5.97 Å². The van der Waals surface area contributed by atoms with Crippen LogP contribution in [0, 0.1) is 5.82 Å². The van der Waals surface area contributed by atoms with Gasteiger partial charge in [0.1, 0.15) is 5.82 Å². The van der Waals surface area contributed by atoms with Gasteiger partial charge in [0.15, 0.2) is 0 Å². The minimum absolute atomic E-state index is 0.0492. The van der Waals surface area contributed by atoms with E-state index in [0.717, 1.165) is 4.47 Å². The van der Waals surface area contributed by atoms with Crippen LogP contribution in [0.3, 0.4) is 0 Å². The van der Waals surface area contributed by atoms with Crippen LogP contribution in [0.15, 0.2) is 22.7 Å². The predicted molar refractivity (Wildman–Crippen MR) is 72.1 cm³/mol. The SMILES string of the molecule is COC(=O)CCC(=O)NCCc1cc(Br)ccc1F. The summed E-state index contributed by atoms with van der Waals surface area (Å²) in [5, 5.41) is 2.63. The van der Waals surface area contributed by atoms with Crippen molar-refractivity contribution < 1.29 is 18.7 Å². The van der Waals surface area contributed by atoms with Gasteiger partial charge in [0.25, 0.3) is 0 Å². The van der Waals surface area contributed by atoms with E-state index in [0.29, 0.717) is 18.5 Å². The molecule has 4 nitrogen and oxygen atoms in total. The summed E-state index contributed by atoms with van der Waals surface area (Å²) in [7, 11) is 1.27. The molecule has 0 unspecified atom stereocenters. The zero-order valence-corrected chi connectivity index (χ0v) is 12.1. The van der Waals surface area contributed by atoms with Gasteiger partial charge in [-0.1, -0.05) is 15.9 Å². The Morgan fingerprint density at radius 1 is 1.37 bits per heavy atom. The summed E-state index contributed by atoms with van der Waals surface area (Å²) in [6.45, 7) is 0.327. The molecule has 0 atom stereocenters. The molecule has 1 rings (SSSR count). The lowest BCUT2D eigenvalue weighted by Crippen LogP contribution is -2.26. The zero-order chi connectivity index (χ0) is 14.3. The molecule has 1 aromatic rings. The number of nitrogens with one attached hydrogen (secondary N) is 1. The number of hydrogen-bond donors (Lipinski definition) is 1. The molecule has 0 spiro atoms. The third-order valence-electron chi connectivity index (χ3n) is 2.51. The van der Waals surface area contributed by atoms with E-state index in [2.05, 4.69) is 26.0 Å². The number of rotatable bonds is 6. The second kappa shape index (κ2) is 7.89. The van der Waals surface area contributed by atoms with Gasteiger partial charge < -0.3 is 10.1 Å². The van der Waals surface area contributed by atoms with Crippen LogP contribution in [0.1, 0.15) is 18.4 Å². The molecule has 0 aromatic heterocycles. The standard InChI is InChI=1S/C13H15BrFNO3/c1-19-13(18)5-4-12(17)16-7-6-9-8-10(14)2-3-11(9)15/h2-3,8H,4-7H2,1H3,(H,16,17). The van der Waals surface area contributed by atoms with Crippen molar-refractivity contribution in [3.05, 3.63) is 34.1 Å². The maximum atomic E-state index is 13.4. The van der Waals surface area contributed by atoms with E-state index in [-0.39, 0.29) is 24.6 Å². The van der Waals surface area contributed by atoms with Gasteiger partial charge in [0.2, 0.25) is 5.91 Å². The van der Waals surface area contributed by atoms with Gasteiger partial charge in [-0.2, -0.15) is 0 Å². The van der Waals surface area contributed by atoms with Crippen LogP contribution in [-0.2, 0) is 20.7 Å². The quantitative estimate of drug-likeness (QED) is 0.813. The fourth-order valence-corrected chi connectivity index (χ4v) is 1.89. The number of halogens is 2. The number of carbonyl (C=O) groups is 2. The van der Waals surface area contributed by atoms with E-state index in [1.54, 1.807) is 12.1 Å². The summed E-state index contributed by atoms with van der Waals surface area (Å²) in [4.78, 5) is 22.2. The van der Waals surface area contributed by atoms with Crippen LogP contribution < -0.4 is 5.32 Å². The van der Waals surface area contributed by atoms with Gasteiger partial charge in [-0.25, -0.2) is 4.39 Å². The van der Waals surface area contributed by atoms with Crippen molar-refractivity contribution in [2.75, 3.05) is 13.7 Å². The fourth-order valence-electron chi connectivity index (χ4n) is 1.48. The van der Waals surface area contributed by atoms with Gasteiger partial charge in [0, 0.05) is 17.4 Å². The monoisotopic (exact) mass is 331 g/mol. The maximum absolute atomic E-state index is 13.4. The smallest absolute Gasteiger partial charge is 0.306 e.